The predicted molar refractivity (Wildman–Crippen MR) is 51.9 cm³/mol. The molecule has 1 aromatic carbocycles. The van der Waals surface area contributed by atoms with Crippen molar-refractivity contribution in [3.63, 3.8) is 0 Å². The maximum Gasteiger partial charge on any atom is 0.384 e. The zero-order chi connectivity index (χ0) is 10.4. The summed E-state index contributed by atoms with van der Waals surface area (Å²) >= 11 is 0. The fourth-order valence-corrected chi connectivity index (χ4v) is 0.917. The smallest absolute Gasteiger partial charge is 0.384 e. The Hall–Kier alpha value is -1.95. The molecule has 3 nitrogen and oxygen atoms in total. The Kier molecular flexibility index (Phi) is 3.57. The summed E-state index contributed by atoms with van der Waals surface area (Å²) in [6.07, 6.45) is 0. The first kappa shape index (κ1) is 10.1. The van der Waals surface area contributed by atoms with Gasteiger partial charge in [-0.15, -0.1) is 0 Å². The summed E-state index contributed by atoms with van der Waals surface area (Å²) in [6, 6.07) is 7.21. The van der Waals surface area contributed by atoms with E-state index in [2.05, 4.69) is 16.6 Å². The number of hydrogen-bond donors (Lipinski definition) is 0. The molecule has 1 rings (SSSR count). The standard InChI is InChI=1S/C11H10O3/c1-13-10-6-4-3-5-9(10)7-8-11(12)14-2/h3-6H,1-2H3. The van der Waals surface area contributed by atoms with Gasteiger partial charge in [0.1, 0.15) is 5.75 Å². The predicted octanol–water partition coefficient (Wildman–Crippen LogP) is 1.22. The van der Waals surface area contributed by atoms with Crippen LogP contribution in [-0.4, -0.2) is 20.2 Å². The molecule has 0 saturated heterocycles. The van der Waals surface area contributed by atoms with Gasteiger partial charge in [0.05, 0.1) is 19.8 Å². The van der Waals surface area contributed by atoms with Crippen LogP contribution in [0.4, 0.5) is 0 Å². The molecule has 0 spiro atoms. The molecule has 0 unspecified atom stereocenters. The summed E-state index contributed by atoms with van der Waals surface area (Å²) < 4.78 is 9.45. The van der Waals surface area contributed by atoms with Crippen LogP contribution in [0, 0.1) is 11.8 Å². The number of hydrogen-bond acceptors (Lipinski definition) is 3. The first-order chi connectivity index (χ1) is 6.77. The fourth-order valence-electron chi connectivity index (χ4n) is 0.917. The van der Waals surface area contributed by atoms with Crippen LogP contribution in [0.15, 0.2) is 24.3 Å². The Morgan fingerprint density at radius 3 is 2.64 bits per heavy atom. The number of carbonyl (C=O) groups is 1. The largest absolute Gasteiger partial charge is 0.495 e. The van der Waals surface area contributed by atoms with Gasteiger partial charge in [-0.25, -0.2) is 4.79 Å². The van der Waals surface area contributed by atoms with Crippen molar-refractivity contribution in [2.24, 2.45) is 0 Å². The molecule has 0 radical (unpaired) electrons. The van der Waals surface area contributed by atoms with E-state index >= 15 is 0 Å². The quantitative estimate of drug-likeness (QED) is 0.493. The van der Waals surface area contributed by atoms with Gasteiger partial charge < -0.3 is 9.47 Å². The van der Waals surface area contributed by atoms with Crippen molar-refractivity contribution >= 4 is 5.97 Å². The lowest BCUT2D eigenvalue weighted by molar-refractivity contribution is -0.133. The van der Waals surface area contributed by atoms with Crippen molar-refractivity contribution < 1.29 is 14.3 Å². The van der Waals surface area contributed by atoms with E-state index in [1.54, 1.807) is 19.2 Å². The number of methoxy groups -OCH3 is 2. The number of ether oxygens (including phenoxy) is 2. The van der Waals surface area contributed by atoms with Crippen LogP contribution in [-0.2, 0) is 9.53 Å². The zero-order valence-corrected chi connectivity index (χ0v) is 8.03. The first-order valence-corrected chi connectivity index (χ1v) is 4.01. The van der Waals surface area contributed by atoms with Gasteiger partial charge in [-0.1, -0.05) is 18.1 Å². The van der Waals surface area contributed by atoms with Crippen molar-refractivity contribution in [3.05, 3.63) is 29.8 Å². The van der Waals surface area contributed by atoms with Crippen LogP contribution in [0.1, 0.15) is 5.56 Å². The van der Waals surface area contributed by atoms with Crippen LogP contribution in [0.2, 0.25) is 0 Å². The average Bonchev–Trinajstić information content (AvgIpc) is 2.26. The number of benzene rings is 1. The maximum atomic E-state index is 10.7. The van der Waals surface area contributed by atoms with E-state index in [9.17, 15) is 4.79 Å². The zero-order valence-electron chi connectivity index (χ0n) is 8.03. The number of para-hydroxylation sites is 1. The van der Waals surface area contributed by atoms with Crippen LogP contribution in [0.25, 0.3) is 0 Å². The molecule has 72 valence electrons. The maximum absolute atomic E-state index is 10.7. The van der Waals surface area contributed by atoms with Gasteiger partial charge in [-0.05, 0) is 12.1 Å². The summed E-state index contributed by atoms with van der Waals surface area (Å²) in [5.74, 6) is 5.08. The van der Waals surface area contributed by atoms with Crippen LogP contribution in [0.3, 0.4) is 0 Å². The van der Waals surface area contributed by atoms with E-state index in [-0.39, 0.29) is 0 Å². The Morgan fingerprint density at radius 1 is 1.29 bits per heavy atom. The van der Waals surface area contributed by atoms with E-state index in [1.165, 1.54) is 7.11 Å². The molecule has 0 bridgehead atoms. The Bertz CT molecular complexity index is 385. The van der Waals surface area contributed by atoms with Gasteiger partial charge in [0.25, 0.3) is 0 Å². The first-order valence-electron chi connectivity index (χ1n) is 4.01. The normalized spacial score (nSPS) is 8.43. The van der Waals surface area contributed by atoms with Crippen LogP contribution < -0.4 is 4.74 Å². The second-order valence-corrected chi connectivity index (χ2v) is 2.44. The molecule has 3 heteroatoms. The third-order valence-electron chi connectivity index (χ3n) is 1.59. The minimum absolute atomic E-state index is 0.559. The molecule has 0 aliphatic rings. The summed E-state index contributed by atoms with van der Waals surface area (Å²) in [7, 11) is 2.85. The van der Waals surface area contributed by atoms with E-state index in [0.717, 1.165) is 0 Å². The molecule has 0 amide bonds. The molecular formula is C11H10O3. The molecule has 0 aliphatic heterocycles. The SMILES string of the molecule is COC(=O)C#Cc1ccccc1OC. The fraction of sp³-hybridized carbons (Fsp3) is 0.182. The van der Waals surface area contributed by atoms with Crippen LogP contribution >= 0.6 is 0 Å². The Balaban J connectivity index is 2.94. The van der Waals surface area contributed by atoms with Gasteiger partial charge in [0.2, 0.25) is 0 Å². The van der Waals surface area contributed by atoms with Crippen molar-refractivity contribution in [3.8, 4) is 17.6 Å². The molecule has 0 fully saturated rings. The molecule has 0 aliphatic carbocycles. The highest BCUT2D eigenvalue weighted by molar-refractivity contribution is 5.89. The molecule has 1 aromatic rings. The number of carbonyl (C=O) groups excluding carboxylic acids is 1. The van der Waals surface area contributed by atoms with E-state index in [1.807, 2.05) is 12.1 Å². The van der Waals surface area contributed by atoms with Gasteiger partial charge in [0, 0.05) is 5.92 Å². The summed E-state index contributed by atoms with van der Waals surface area (Å²) in [6.45, 7) is 0. The van der Waals surface area contributed by atoms with Gasteiger partial charge in [-0.3, -0.25) is 0 Å². The Morgan fingerprint density at radius 2 is 2.00 bits per heavy atom. The lowest BCUT2D eigenvalue weighted by atomic mass is 10.2. The van der Waals surface area contributed by atoms with E-state index < -0.39 is 5.97 Å². The average molecular weight is 190 g/mol. The van der Waals surface area contributed by atoms with Gasteiger partial charge >= 0.3 is 5.97 Å². The second kappa shape index (κ2) is 4.93. The molecule has 14 heavy (non-hydrogen) atoms. The van der Waals surface area contributed by atoms with Crippen molar-refractivity contribution in [1.29, 1.82) is 0 Å². The Labute approximate surface area is 82.6 Å². The van der Waals surface area contributed by atoms with E-state index in [0.29, 0.717) is 11.3 Å². The lowest BCUT2D eigenvalue weighted by Gasteiger charge is -2.00. The molecule has 0 N–H and O–H groups in total. The summed E-state index contributed by atoms with van der Waals surface area (Å²) in [5.41, 5.74) is 0.667. The number of esters is 1. The highest BCUT2D eigenvalue weighted by Gasteiger charge is 1.97. The summed E-state index contributed by atoms with van der Waals surface area (Å²) in [4.78, 5) is 10.7. The second-order valence-electron chi connectivity index (χ2n) is 2.44. The van der Waals surface area contributed by atoms with Crippen molar-refractivity contribution in [2.75, 3.05) is 14.2 Å². The van der Waals surface area contributed by atoms with Crippen molar-refractivity contribution in [2.45, 2.75) is 0 Å². The highest BCUT2D eigenvalue weighted by Crippen LogP contribution is 2.15. The number of rotatable bonds is 1. The summed E-state index contributed by atoms with van der Waals surface area (Å²) in [5, 5.41) is 0. The minimum Gasteiger partial charge on any atom is -0.495 e. The third-order valence-corrected chi connectivity index (χ3v) is 1.59. The molecule has 0 heterocycles. The van der Waals surface area contributed by atoms with Gasteiger partial charge in [-0.2, -0.15) is 0 Å². The molecular weight excluding hydrogens is 180 g/mol. The highest BCUT2D eigenvalue weighted by atomic mass is 16.5. The van der Waals surface area contributed by atoms with Crippen molar-refractivity contribution in [1.82, 2.24) is 0 Å². The lowest BCUT2D eigenvalue weighted by Crippen LogP contribution is -1.95. The molecule has 0 saturated carbocycles. The third kappa shape index (κ3) is 2.53. The van der Waals surface area contributed by atoms with Crippen LogP contribution in [0.5, 0.6) is 5.75 Å². The van der Waals surface area contributed by atoms with Gasteiger partial charge in [0.15, 0.2) is 0 Å². The van der Waals surface area contributed by atoms with E-state index in [4.69, 9.17) is 4.74 Å². The molecule has 0 atom stereocenters. The monoisotopic (exact) mass is 190 g/mol. The molecule has 0 aromatic heterocycles. The topological polar surface area (TPSA) is 35.5 Å². The minimum atomic E-state index is -0.559.